The molecule has 0 saturated heterocycles. The molecule has 0 unspecified atom stereocenters. The van der Waals surface area contributed by atoms with Gasteiger partial charge in [-0.3, -0.25) is 4.79 Å². The number of ketones is 1. The van der Waals surface area contributed by atoms with Crippen LogP contribution in [0.3, 0.4) is 0 Å². The first-order chi connectivity index (χ1) is 15.0. The van der Waals surface area contributed by atoms with Gasteiger partial charge in [-0.2, -0.15) is 4.68 Å². The average molecular weight is 434 g/mol. The summed E-state index contributed by atoms with van der Waals surface area (Å²) in [6.07, 6.45) is 0. The van der Waals surface area contributed by atoms with E-state index in [0.717, 1.165) is 28.5 Å². The van der Waals surface area contributed by atoms with Crippen molar-refractivity contribution in [1.29, 1.82) is 0 Å². The Morgan fingerprint density at radius 2 is 1.68 bits per heavy atom. The first-order valence-electron chi connectivity index (χ1n) is 9.82. The van der Waals surface area contributed by atoms with Crippen molar-refractivity contribution in [1.82, 2.24) is 24.8 Å². The predicted octanol–water partition coefficient (Wildman–Crippen LogP) is 4.36. The maximum absolute atomic E-state index is 13.0. The van der Waals surface area contributed by atoms with E-state index in [-0.39, 0.29) is 11.5 Å². The van der Waals surface area contributed by atoms with E-state index < -0.39 is 0 Å². The number of carbonyl (C=O) groups excluding carboxylic acids is 1. The maximum Gasteiger partial charge on any atom is 0.214 e. The quantitative estimate of drug-likeness (QED) is 0.318. The number of nitrogens with zero attached hydrogens (tertiary/aromatic N) is 5. The van der Waals surface area contributed by atoms with Crippen molar-refractivity contribution in [2.45, 2.75) is 25.9 Å². The number of thioether (sulfide) groups is 1. The van der Waals surface area contributed by atoms with Crippen LogP contribution in [-0.2, 0) is 0 Å². The molecule has 0 aliphatic carbocycles. The number of aromatic nitrogens is 5. The lowest BCUT2D eigenvalue weighted by molar-refractivity contribution is 0.102. The summed E-state index contributed by atoms with van der Waals surface area (Å²) in [6.45, 7) is 6.05. The molecule has 0 amide bonds. The Bertz CT molecular complexity index is 1210. The second-order valence-electron chi connectivity index (χ2n) is 7.24. The van der Waals surface area contributed by atoms with E-state index in [9.17, 15) is 4.79 Å². The van der Waals surface area contributed by atoms with E-state index in [4.69, 9.17) is 4.74 Å². The third kappa shape index (κ3) is 4.25. The molecule has 8 heteroatoms. The van der Waals surface area contributed by atoms with Crippen LogP contribution in [0.5, 0.6) is 5.75 Å². The van der Waals surface area contributed by atoms with E-state index in [0.29, 0.717) is 10.7 Å². The molecular weight excluding hydrogens is 410 g/mol. The highest BCUT2D eigenvalue weighted by Gasteiger charge is 2.18. The first kappa shape index (κ1) is 20.9. The minimum absolute atomic E-state index is 0.0424. The molecule has 0 atom stereocenters. The summed E-state index contributed by atoms with van der Waals surface area (Å²) in [4.78, 5) is 13.0. The van der Waals surface area contributed by atoms with Gasteiger partial charge >= 0.3 is 0 Å². The molecule has 4 rings (SSSR count). The number of hydrogen-bond donors (Lipinski definition) is 0. The molecule has 0 spiro atoms. The molecule has 2 heterocycles. The van der Waals surface area contributed by atoms with Gasteiger partial charge in [0.1, 0.15) is 5.75 Å². The fourth-order valence-electron chi connectivity index (χ4n) is 3.50. The molecule has 0 bridgehead atoms. The van der Waals surface area contributed by atoms with Crippen LogP contribution < -0.4 is 4.74 Å². The van der Waals surface area contributed by atoms with Crippen LogP contribution in [0, 0.1) is 20.8 Å². The molecule has 0 N–H and O–H groups in total. The van der Waals surface area contributed by atoms with Gasteiger partial charge in [0.25, 0.3) is 0 Å². The first-order valence-corrected chi connectivity index (χ1v) is 10.8. The molecule has 0 aliphatic rings. The van der Waals surface area contributed by atoms with Crippen LogP contribution in [0.25, 0.3) is 11.4 Å². The lowest BCUT2D eigenvalue weighted by Gasteiger charge is -2.10. The van der Waals surface area contributed by atoms with Crippen molar-refractivity contribution < 1.29 is 9.53 Å². The van der Waals surface area contributed by atoms with Crippen LogP contribution in [0.2, 0.25) is 0 Å². The SMILES string of the molecule is COc1ccc(-n2nnnc2SCC(=O)c2cc(C)n(-c3ccc(C)cc3)c2C)cc1. The highest BCUT2D eigenvalue weighted by molar-refractivity contribution is 7.99. The molecule has 0 fully saturated rings. The summed E-state index contributed by atoms with van der Waals surface area (Å²) >= 11 is 1.32. The Morgan fingerprint density at radius 3 is 2.35 bits per heavy atom. The number of carbonyl (C=O) groups is 1. The van der Waals surface area contributed by atoms with Gasteiger partial charge in [-0.25, -0.2) is 0 Å². The van der Waals surface area contributed by atoms with E-state index in [1.54, 1.807) is 11.8 Å². The van der Waals surface area contributed by atoms with Crippen molar-refractivity contribution in [2.75, 3.05) is 12.9 Å². The second-order valence-corrected chi connectivity index (χ2v) is 8.18. The summed E-state index contributed by atoms with van der Waals surface area (Å²) in [6, 6.07) is 17.7. The largest absolute Gasteiger partial charge is 0.497 e. The zero-order chi connectivity index (χ0) is 22.0. The van der Waals surface area contributed by atoms with Crippen LogP contribution in [0.15, 0.2) is 59.8 Å². The number of aryl methyl sites for hydroxylation is 2. The van der Waals surface area contributed by atoms with Gasteiger partial charge in [-0.05, 0) is 73.7 Å². The molecule has 0 radical (unpaired) electrons. The molecular formula is C23H23N5O2S. The second kappa shape index (κ2) is 8.77. The lowest BCUT2D eigenvalue weighted by atomic mass is 10.2. The average Bonchev–Trinajstić information content (AvgIpc) is 3.37. The summed E-state index contributed by atoms with van der Waals surface area (Å²) in [5.41, 5.74) is 5.73. The van der Waals surface area contributed by atoms with Crippen LogP contribution in [0.1, 0.15) is 27.3 Å². The summed E-state index contributed by atoms with van der Waals surface area (Å²) in [5, 5.41) is 12.5. The minimum atomic E-state index is 0.0424. The normalized spacial score (nSPS) is 11.0. The van der Waals surface area contributed by atoms with E-state index in [1.807, 2.05) is 44.2 Å². The predicted molar refractivity (Wildman–Crippen MR) is 121 cm³/mol. The van der Waals surface area contributed by atoms with Crippen molar-refractivity contribution in [3.05, 3.63) is 77.1 Å². The van der Waals surface area contributed by atoms with Crippen molar-refractivity contribution >= 4 is 17.5 Å². The number of methoxy groups -OCH3 is 1. The molecule has 0 saturated carbocycles. The zero-order valence-electron chi connectivity index (χ0n) is 17.9. The number of rotatable bonds is 7. The van der Waals surface area contributed by atoms with Crippen LogP contribution in [-0.4, -0.2) is 43.4 Å². The molecule has 4 aromatic rings. The Hall–Kier alpha value is -3.39. The van der Waals surface area contributed by atoms with Gasteiger partial charge in [0.15, 0.2) is 5.78 Å². The summed E-state index contributed by atoms with van der Waals surface area (Å²) < 4.78 is 8.92. The van der Waals surface area contributed by atoms with Gasteiger partial charge in [0.05, 0.1) is 18.6 Å². The highest BCUT2D eigenvalue weighted by Crippen LogP contribution is 2.25. The summed E-state index contributed by atoms with van der Waals surface area (Å²) in [5.74, 6) is 1.04. The molecule has 7 nitrogen and oxygen atoms in total. The van der Waals surface area contributed by atoms with Crippen LogP contribution >= 0.6 is 11.8 Å². The fourth-order valence-corrected chi connectivity index (χ4v) is 4.27. The monoisotopic (exact) mass is 433 g/mol. The van der Waals surface area contributed by atoms with E-state index in [1.165, 1.54) is 17.3 Å². The minimum Gasteiger partial charge on any atom is -0.497 e. The lowest BCUT2D eigenvalue weighted by Crippen LogP contribution is -2.07. The molecule has 31 heavy (non-hydrogen) atoms. The summed E-state index contributed by atoms with van der Waals surface area (Å²) in [7, 11) is 1.62. The Kier molecular flexibility index (Phi) is 5.90. The van der Waals surface area contributed by atoms with Gasteiger partial charge in [0, 0.05) is 22.6 Å². The van der Waals surface area contributed by atoms with Crippen molar-refractivity contribution in [3.8, 4) is 17.1 Å². The third-order valence-electron chi connectivity index (χ3n) is 5.11. The molecule has 0 aliphatic heterocycles. The van der Waals surface area contributed by atoms with Crippen LogP contribution in [0.4, 0.5) is 0 Å². The maximum atomic E-state index is 13.0. The number of hydrogen-bond acceptors (Lipinski definition) is 6. The topological polar surface area (TPSA) is 74.8 Å². The van der Waals surface area contributed by atoms with Gasteiger partial charge in [0.2, 0.25) is 5.16 Å². The van der Waals surface area contributed by atoms with E-state index in [2.05, 4.69) is 51.3 Å². The number of tetrazole rings is 1. The Balaban J connectivity index is 1.52. The Labute approximate surface area is 185 Å². The fraction of sp³-hybridized carbons (Fsp3) is 0.217. The number of Topliss-reactive ketones (excluding diaryl/α,β-unsaturated/α-hetero) is 1. The highest BCUT2D eigenvalue weighted by atomic mass is 32.2. The van der Waals surface area contributed by atoms with Gasteiger partial charge in [-0.15, -0.1) is 5.10 Å². The Morgan fingerprint density at radius 1 is 1.00 bits per heavy atom. The number of benzene rings is 2. The van der Waals surface area contributed by atoms with Gasteiger partial charge < -0.3 is 9.30 Å². The van der Waals surface area contributed by atoms with Crippen molar-refractivity contribution in [3.63, 3.8) is 0 Å². The molecule has 2 aromatic heterocycles. The standard InChI is InChI=1S/C23H23N5O2S/c1-15-5-7-18(8-6-15)27-16(2)13-21(17(27)3)22(29)14-31-23-24-25-26-28(23)19-9-11-20(30-4)12-10-19/h5-13H,14H2,1-4H3. The third-order valence-corrected chi connectivity index (χ3v) is 6.03. The number of ether oxygens (including phenoxy) is 1. The smallest absolute Gasteiger partial charge is 0.214 e. The molecule has 158 valence electrons. The van der Waals surface area contributed by atoms with E-state index >= 15 is 0 Å². The van der Waals surface area contributed by atoms with Crippen molar-refractivity contribution in [2.24, 2.45) is 0 Å². The van der Waals surface area contributed by atoms with Gasteiger partial charge in [-0.1, -0.05) is 29.5 Å². The molecule has 2 aromatic carbocycles. The zero-order valence-corrected chi connectivity index (χ0v) is 18.7.